The summed E-state index contributed by atoms with van der Waals surface area (Å²) in [7, 11) is 0. The molecule has 0 heterocycles. The molecular weight excluding hydrogens is 332 g/mol. The molecule has 0 aliphatic carbocycles. The average Bonchev–Trinajstić information content (AvgIpc) is 2.46. The zero-order valence-corrected chi connectivity index (χ0v) is 13.6. The van der Waals surface area contributed by atoms with E-state index in [4.69, 9.17) is 0 Å². The second kappa shape index (κ2) is 6.72. The highest BCUT2D eigenvalue weighted by Crippen LogP contribution is 2.31. The summed E-state index contributed by atoms with van der Waals surface area (Å²) < 4.78 is 0.833. The third kappa shape index (κ3) is 3.61. The van der Waals surface area contributed by atoms with Crippen LogP contribution in [0.2, 0.25) is 0 Å². The molecule has 5 heteroatoms. The Balaban J connectivity index is 2.24. The van der Waals surface area contributed by atoms with Gasteiger partial charge in [0.2, 0.25) is 0 Å². The fourth-order valence-electron chi connectivity index (χ4n) is 2.26. The molecule has 0 amide bonds. The predicted octanol–water partition coefficient (Wildman–Crippen LogP) is 4.84. The van der Waals surface area contributed by atoms with Crippen LogP contribution in [0.1, 0.15) is 23.6 Å². The Morgan fingerprint density at radius 1 is 1.24 bits per heavy atom. The van der Waals surface area contributed by atoms with E-state index in [1.54, 1.807) is 19.1 Å². The van der Waals surface area contributed by atoms with E-state index in [1.807, 2.05) is 12.1 Å². The summed E-state index contributed by atoms with van der Waals surface area (Å²) in [6.45, 7) is 4.49. The zero-order valence-electron chi connectivity index (χ0n) is 12.0. The molecule has 2 aromatic rings. The molecule has 2 rings (SSSR count). The molecule has 0 radical (unpaired) electrons. The molecule has 0 fully saturated rings. The first kappa shape index (κ1) is 15.5. The molecule has 0 aromatic heterocycles. The van der Waals surface area contributed by atoms with Crippen LogP contribution < -0.4 is 5.32 Å². The van der Waals surface area contributed by atoms with Gasteiger partial charge in [0.05, 0.1) is 10.6 Å². The second-order valence-corrected chi connectivity index (χ2v) is 5.71. The van der Waals surface area contributed by atoms with Gasteiger partial charge in [-0.1, -0.05) is 31.2 Å². The van der Waals surface area contributed by atoms with Gasteiger partial charge in [-0.05, 0) is 46.5 Å². The highest BCUT2D eigenvalue weighted by atomic mass is 79.9. The van der Waals surface area contributed by atoms with E-state index in [-0.39, 0.29) is 10.6 Å². The second-order valence-electron chi connectivity index (χ2n) is 4.85. The smallest absolute Gasteiger partial charge is 0.274 e. The molecule has 0 bridgehead atoms. The van der Waals surface area contributed by atoms with Crippen LogP contribution in [-0.2, 0) is 13.0 Å². The van der Waals surface area contributed by atoms with Crippen molar-refractivity contribution in [2.24, 2.45) is 0 Å². The molecule has 0 aliphatic rings. The normalized spacial score (nSPS) is 10.4. The lowest BCUT2D eigenvalue weighted by Crippen LogP contribution is -2.04. The number of anilines is 1. The number of hydrogen-bond acceptors (Lipinski definition) is 3. The van der Waals surface area contributed by atoms with Gasteiger partial charge in [0.1, 0.15) is 0 Å². The van der Waals surface area contributed by atoms with Gasteiger partial charge in [-0.15, -0.1) is 0 Å². The molecule has 0 atom stereocenters. The van der Waals surface area contributed by atoms with E-state index < -0.39 is 0 Å². The van der Waals surface area contributed by atoms with Crippen molar-refractivity contribution in [2.45, 2.75) is 26.8 Å². The summed E-state index contributed by atoms with van der Waals surface area (Å²) >= 11 is 3.45. The minimum Gasteiger partial charge on any atom is -0.380 e. The first-order valence-electron chi connectivity index (χ1n) is 6.78. The third-order valence-corrected chi connectivity index (χ3v) is 4.11. The quantitative estimate of drug-likeness (QED) is 0.621. The largest absolute Gasteiger partial charge is 0.380 e. The van der Waals surface area contributed by atoms with Crippen molar-refractivity contribution in [2.75, 3.05) is 5.32 Å². The van der Waals surface area contributed by atoms with E-state index in [0.29, 0.717) is 12.1 Å². The molecule has 0 aliphatic heterocycles. The van der Waals surface area contributed by atoms with Crippen molar-refractivity contribution in [3.05, 3.63) is 67.7 Å². The monoisotopic (exact) mass is 348 g/mol. The van der Waals surface area contributed by atoms with Crippen LogP contribution in [0.15, 0.2) is 40.9 Å². The van der Waals surface area contributed by atoms with Gasteiger partial charge >= 0.3 is 0 Å². The maximum absolute atomic E-state index is 11.0. The molecule has 0 unspecified atom stereocenters. The Morgan fingerprint density at radius 2 is 1.90 bits per heavy atom. The number of hydrogen-bond donors (Lipinski definition) is 1. The zero-order chi connectivity index (χ0) is 15.4. The Labute approximate surface area is 132 Å². The molecule has 2 aromatic carbocycles. The fourth-order valence-corrected chi connectivity index (χ4v) is 2.86. The molecule has 110 valence electrons. The maximum atomic E-state index is 11.0. The lowest BCUT2D eigenvalue weighted by molar-refractivity contribution is -0.385. The van der Waals surface area contributed by atoms with E-state index in [0.717, 1.165) is 16.6 Å². The van der Waals surface area contributed by atoms with E-state index in [9.17, 15) is 10.1 Å². The minimum absolute atomic E-state index is 0.129. The molecule has 21 heavy (non-hydrogen) atoms. The summed E-state index contributed by atoms with van der Waals surface area (Å²) in [5.41, 5.74) is 3.99. The number of halogens is 1. The number of benzene rings is 2. The number of nitro groups is 1. The molecule has 0 saturated carbocycles. The van der Waals surface area contributed by atoms with Crippen molar-refractivity contribution in [1.29, 1.82) is 0 Å². The van der Waals surface area contributed by atoms with E-state index >= 15 is 0 Å². The van der Waals surface area contributed by atoms with Crippen LogP contribution in [0.25, 0.3) is 0 Å². The van der Waals surface area contributed by atoms with Crippen LogP contribution in [0.4, 0.5) is 11.4 Å². The highest BCUT2D eigenvalue weighted by molar-refractivity contribution is 9.10. The Kier molecular flexibility index (Phi) is 4.96. The number of nitrogens with one attached hydrogen (secondary N) is 1. The van der Waals surface area contributed by atoms with Gasteiger partial charge in [-0.25, -0.2) is 0 Å². The topological polar surface area (TPSA) is 55.2 Å². The van der Waals surface area contributed by atoms with Crippen molar-refractivity contribution < 1.29 is 4.92 Å². The Morgan fingerprint density at radius 3 is 2.52 bits per heavy atom. The highest BCUT2D eigenvalue weighted by Gasteiger charge is 2.14. The Hall–Kier alpha value is -1.88. The van der Waals surface area contributed by atoms with Gasteiger partial charge in [-0.2, -0.15) is 0 Å². The minimum atomic E-state index is -0.354. The lowest BCUT2D eigenvalue weighted by Gasteiger charge is -2.12. The molecule has 0 saturated heterocycles. The lowest BCUT2D eigenvalue weighted by atomic mass is 10.1. The summed E-state index contributed by atoms with van der Waals surface area (Å²) in [5, 5.41) is 14.3. The van der Waals surface area contributed by atoms with Crippen molar-refractivity contribution >= 4 is 27.3 Å². The molecule has 0 spiro atoms. The van der Waals surface area contributed by atoms with Crippen LogP contribution in [0, 0.1) is 17.0 Å². The SMILES string of the molecule is CCc1ccccc1CNc1cc([N+](=O)[O-])c(C)cc1Br. The van der Waals surface area contributed by atoms with Gasteiger partial charge in [-0.3, -0.25) is 10.1 Å². The average molecular weight is 349 g/mol. The van der Waals surface area contributed by atoms with Crippen molar-refractivity contribution in [1.82, 2.24) is 0 Å². The number of nitro benzene ring substituents is 1. The first-order chi connectivity index (χ1) is 10.0. The Bertz CT molecular complexity index is 671. The summed E-state index contributed by atoms with van der Waals surface area (Å²) in [6, 6.07) is 11.5. The molecule has 4 nitrogen and oxygen atoms in total. The van der Waals surface area contributed by atoms with Crippen LogP contribution in [-0.4, -0.2) is 4.92 Å². The maximum Gasteiger partial charge on any atom is 0.274 e. The number of nitrogens with zero attached hydrogens (tertiary/aromatic N) is 1. The van der Waals surface area contributed by atoms with Gasteiger partial charge in [0.15, 0.2) is 0 Å². The molecule has 1 N–H and O–H groups in total. The van der Waals surface area contributed by atoms with Crippen LogP contribution >= 0.6 is 15.9 Å². The van der Waals surface area contributed by atoms with Crippen LogP contribution in [0.3, 0.4) is 0 Å². The molecular formula is C16H17BrN2O2. The third-order valence-electron chi connectivity index (χ3n) is 3.45. The van der Waals surface area contributed by atoms with Crippen molar-refractivity contribution in [3.8, 4) is 0 Å². The fraction of sp³-hybridized carbons (Fsp3) is 0.250. The first-order valence-corrected chi connectivity index (χ1v) is 7.57. The predicted molar refractivity (Wildman–Crippen MR) is 88.7 cm³/mol. The van der Waals surface area contributed by atoms with Crippen molar-refractivity contribution in [3.63, 3.8) is 0 Å². The number of rotatable bonds is 5. The summed E-state index contributed by atoms with van der Waals surface area (Å²) in [5.74, 6) is 0. The summed E-state index contributed by atoms with van der Waals surface area (Å²) in [6.07, 6.45) is 0.965. The van der Waals surface area contributed by atoms with E-state index in [2.05, 4.69) is 40.3 Å². The standard InChI is InChI=1S/C16H17BrN2O2/c1-3-12-6-4-5-7-13(12)10-18-15-9-16(19(20)21)11(2)8-14(15)17/h4-9,18H,3,10H2,1-2H3. The van der Waals surface area contributed by atoms with Gasteiger partial charge < -0.3 is 5.32 Å². The van der Waals surface area contributed by atoms with Gasteiger partial charge in [0.25, 0.3) is 5.69 Å². The van der Waals surface area contributed by atoms with E-state index in [1.165, 1.54) is 11.1 Å². The van der Waals surface area contributed by atoms with Crippen LogP contribution in [0.5, 0.6) is 0 Å². The summed E-state index contributed by atoms with van der Waals surface area (Å²) in [4.78, 5) is 10.7. The number of aryl methyl sites for hydroxylation is 2. The van der Waals surface area contributed by atoms with Gasteiger partial charge in [0, 0.05) is 22.6 Å².